The summed E-state index contributed by atoms with van der Waals surface area (Å²) in [6, 6.07) is 12.5. The molecule has 0 fully saturated rings. The lowest BCUT2D eigenvalue weighted by atomic mass is 10.1. The predicted molar refractivity (Wildman–Crippen MR) is 103 cm³/mol. The Bertz CT molecular complexity index is 1040. The van der Waals surface area contributed by atoms with Crippen LogP contribution in [0, 0.1) is 0 Å². The molecule has 1 aliphatic heterocycles. The molecule has 0 aliphatic carbocycles. The molecular weight excluding hydrogens is 350 g/mol. The van der Waals surface area contributed by atoms with E-state index in [0.717, 1.165) is 30.7 Å². The number of nitrogens with one attached hydrogen (secondary N) is 1. The highest BCUT2D eigenvalue weighted by Crippen LogP contribution is 2.19. The molecule has 1 aliphatic rings. The Balaban J connectivity index is 1.59. The van der Waals surface area contributed by atoms with Gasteiger partial charge in [0.2, 0.25) is 5.91 Å². The molecule has 0 bridgehead atoms. The van der Waals surface area contributed by atoms with Gasteiger partial charge in [0.05, 0.1) is 17.3 Å². The molecule has 0 spiro atoms. The summed E-state index contributed by atoms with van der Waals surface area (Å²) in [4.78, 5) is 29.6. The fraction of sp³-hybridized carbons (Fsp3) is 0.250. The molecule has 0 unspecified atom stereocenters. The highest BCUT2D eigenvalue weighted by atomic mass is 35.5. The summed E-state index contributed by atoms with van der Waals surface area (Å²) in [5, 5.41) is 4.04. The molecule has 132 valence electrons. The summed E-state index contributed by atoms with van der Waals surface area (Å²) in [6.07, 6.45) is 3.15. The van der Waals surface area contributed by atoms with E-state index in [-0.39, 0.29) is 17.9 Å². The zero-order chi connectivity index (χ0) is 18.1. The largest absolute Gasteiger partial charge is 0.326 e. The number of rotatable bonds is 3. The van der Waals surface area contributed by atoms with Gasteiger partial charge in [0, 0.05) is 23.7 Å². The Hall–Kier alpha value is -2.66. The number of benzene rings is 2. The first-order valence-corrected chi connectivity index (χ1v) is 9.06. The molecule has 3 aromatic rings. The van der Waals surface area contributed by atoms with E-state index >= 15 is 0 Å². The van der Waals surface area contributed by atoms with Crippen LogP contribution in [0.1, 0.15) is 24.2 Å². The minimum absolute atomic E-state index is 0.0292. The molecule has 0 saturated heterocycles. The molecule has 0 atom stereocenters. The molecular formula is C20H18ClN3O2. The lowest BCUT2D eigenvalue weighted by Crippen LogP contribution is -2.28. The Kier molecular flexibility index (Phi) is 4.47. The molecule has 0 saturated carbocycles. The quantitative estimate of drug-likeness (QED) is 0.769. The van der Waals surface area contributed by atoms with Crippen LogP contribution in [-0.4, -0.2) is 15.5 Å². The van der Waals surface area contributed by atoms with Crippen molar-refractivity contribution in [1.29, 1.82) is 0 Å². The van der Waals surface area contributed by atoms with Gasteiger partial charge in [-0.1, -0.05) is 23.7 Å². The first kappa shape index (κ1) is 16.8. The predicted octanol–water partition coefficient (Wildman–Crippen LogP) is 3.57. The number of amides is 1. The normalized spacial score (nSPS) is 13.4. The van der Waals surface area contributed by atoms with Crippen molar-refractivity contribution >= 4 is 34.1 Å². The molecule has 2 heterocycles. The highest BCUT2D eigenvalue weighted by molar-refractivity contribution is 6.30. The maximum Gasteiger partial charge on any atom is 0.261 e. The van der Waals surface area contributed by atoms with Crippen molar-refractivity contribution < 1.29 is 4.79 Å². The van der Waals surface area contributed by atoms with E-state index in [2.05, 4.69) is 10.3 Å². The fourth-order valence-electron chi connectivity index (χ4n) is 3.31. The molecule has 4 rings (SSSR count). The number of hydrogen-bond acceptors (Lipinski definition) is 3. The van der Waals surface area contributed by atoms with Gasteiger partial charge < -0.3 is 5.32 Å². The average Bonchev–Trinajstić information content (AvgIpc) is 2.64. The molecule has 5 nitrogen and oxygen atoms in total. The van der Waals surface area contributed by atoms with Crippen molar-refractivity contribution in [3.8, 4) is 0 Å². The third-order valence-electron chi connectivity index (χ3n) is 4.63. The Morgan fingerprint density at radius 2 is 1.96 bits per heavy atom. The van der Waals surface area contributed by atoms with Crippen LogP contribution in [0.15, 0.2) is 47.3 Å². The van der Waals surface area contributed by atoms with Gasteiger partial charge in [-0.25, -0.2) is 4.98 Å². The van der Waals surface area contributed by atoms with Gasteiger partial charge in [-0.05, 0) is 48.7 Å². The maximum atomic E-state index is 12.7. The van der Waals surface area contributed by atoms with Crippen molar-refractivity contribution in [2.75, 3.05) is 5.32 Å². The number of hydrogen-bond donors (Lipinski definition) is 1. The number of halogens is 1. The van der Waals surface area contributed by atoms with Crippen LogP contribution >= 0.6 is 11.6 Å². The third kappa shape index (κ3) is 3.35. The molecule has 1 amide bonds. The standard InChI is InChI=1S/C20H18ClN3O2/c21-14-6-4-13(5-7-14)11-19(25)22-15-8-9-17-16(12-15)20(26)24-10-2-1-3-18(24)23-17/h4-9,12H,1-3,10-11H2,(H,22,25). The molecule has 1 aromatic heterocycles. The van der Waals surface area contributed by atoms with E-state index < -0.39 is 0 Å². The summed E-state index contributed by atoms with van der Waals surface area (Å²) in [6.45, 7) is 0.713. The number of nitrogens with zero attached hydrogens (tertiary/aromatic N) is 2. The Morgan fingerprint density at radius 1 is 1.15 bits per heavy atom. The monoisotopic (exact) mass is 367 g/mol. The van der Waals surface area contributed by atoms with Crippen molar-refractivity contribution in [1.82, 2.24) is 9.55 Å². The van der Waals surface area contributed by atoms with Gasteiger partial charge >= 0.3 is 0 Å². The zero-order valence-corrected chi connectivity index (χ0v) is 14.9. The van der Waals surface area contributed by atoms with Gasteiger partial charge in [0.15, 0.2) is 0 Å². The summed E-state index contributed by atoms with van der Waals surface area (Å²) >= 11 is 5.86. The summed E-state index contributed by atoms with van der Waals surface area (Å²) < 4.78 is 1.76. The van der Waals surface area contributed by atoms with Crippen molar-refractivity contribution in [3.63, 3.8) is 0 Å². The third-order valence-corrected chi connectivity index (χ3v) is 4.88. The summed E-state index contributed by atoms with van der Waals surface area (Å²) in [5.74, 6) is 0.714. The number of aryl methyl sites for hydroxylation is 1. The summed E-state index contributed by atoms with van der Waals surface area (Å²) in [5.41, 5.74) is 2.13. The molecule has 1 N–H and O–H groups in total. The minimum Gasteiger partial charge on any atom is -0.326 e. The minimum atomic E-state index is -0.141. The highest BCUT2D eigenvalue weighted by Gasteiger charge is 2.15. The molecule has 6 heteroatoms. The second-order valence-electron chi connectivity index (χ2n) is 6.53. The second kappa shape index (κ2) is 6.92. The van der Waals surface area contributed by atoms with Gasteiger partial charge in [-0.2, -0.15) is 0 Å². The molecule has 26 heavy (non-hydrogen) atoms. The van der Waals surface area contributed by atoms with Crippen molar-refractivity contribution in [2.24, 2.45) is 0 Å². The van der Waals surface area contributed by atoms with E-state index in [4.69, 9.17) is 11.6 Å². The van der Waals surface area contributed by atoms with Gasteiger partial charge in [0.1, 0.15) is 5.82 Å². The van der Waals surface area contributed by atoms with E-state index in [1.165, 1.54) is 0 Å². The number of anilines is 1. The van der Waals surface area contributed by atoms with Crippen LogP contribution in [0.4, 0.5) is 5.69 Å². The average molecular weight is 368 g/mol. The van der Waals surface area contributed by atoms with Crippen LogP contribution in [-0.2, 0) is 24.2 Å². The number of carbonyl (C=O) groups excluding carboxylic acids is 1. The van der Waals surface area contributed by atoms with Crippen molar-refractivity contribution in [3.05, 3.63) is 69.2 Å². The maximum absolute atomic E-state index is 12.7. The van der Waals surface area contributed by atoms with Crippen LogP contribution < -0.4 is 10.9 Å². The van der Waals surface area contributed by atoms with E-state index in [1.807, 2.05) is 12.1 Å². The Labute approximate surface area is 155 Å². The van der Waals surface area contributed by atoms with Crippen LogP contribution in [0.25, 0.3) is 10.9 Å². The topological polar surface area (TPSA) is 64.0 Å². The first-order valence-electron chi connectivity index (χ1n) is 8.68. The smallest absolute Gasteiger partial charge is 0.261 e. The molecule has 2 aromatic carbocycles. The zero-order valence-electron chi connectivity index (χ0n) is 14.2. The second-order valence-corrected chi connectivity index (χ2v) is 6.96. The fourth-order valence-corrected chi connectivity index (χ4v) is 3.44. The van der Waals surface area contributed by atoms with Crippen molar-refractivity contribution in [2.45, 2.75) is 32.2 Å². The van der Waals surface area contributed by atoms with Gasteiger partial charge in [0.25, 0.3) is 5.56 Å². The van der Waals surface area contributed by atoms with Gasteiger partial charge in [-0.3, -0.25) is 14.2 Å². The van der Waals surface area contributed by atoms with E-state index in [0.29, 0.717) is 28.2 Å². The first-order chi connectivity index (χ1) is 12.6. The van der Waals surface area contributed by atoms with E-state index in [1.54, 1.807) is 34.9 Å². The Morgan fingerprint density at radius 3 is 2.77 bits per heavy atom. The van der Waals surface area contributed by atoms with E-state index in [9.17, 15) is 9.59 Å². The summed E-state index contributed by atoms with van der Waals surface area (Å²) in [7, 11) is 0. The molecule has 0 radical (unpaired) electrons. The number of aromatic nitrogens is 2. The van der Waals surface area contributed by atoms with Crippen LogP contribution in [0.2, 0.25) is 5.02 Å². The lowest BCUT2D eigenvalue weighted by Gasteiger charge is -2.18. The van der Waals surface area contributed by atoms with Gasteiger partial charge in [-0.15, -0.1) is 0 Å². The lowest BCUT2D eigenvalue weighted by molar-refractivity contribution is -0.115. The SMILES string of the molecule is O=C(Cc1ccc(Cl)cc1)Nc1ccc2nc3n(c(=O)c2c1)CCCC3. The van der Waals surface area contributed by atoms with Crippen LogP contribution in [0.5, 0.6) is 0 Å². The number of carbonyl (C=O) groups is 1. The number of fused-ring (bicyclic) bond motifs is 2. The van der Waals surface area contributed by atoms with Crippen LogP contribution in [0.3, 0.4) is 0 Å².